The Labute approximate surface area is 127 Å². The van der Waals surface area contributed by atoms with Crippen LogP contribution in [-0.4, -0.2) is 22.2 Å². The fourth-order valence-corrected chi connectivity index (χ4v) is 1.93. The summed E-state index contributed by atoms with van der Waals surface area (Å²) in [7, 11) is 0. The van der Waals surface area contributed by atoms with Crippen LogP contribution in [0.5, 0.6) is 0 Å². The van der Waals surface area contributed by atoms with Crippen molar-refractivity contribution in [2.24, 2.45) is 0 Å². The summed E-state index contributed by atoms with van der Waals surface area (Å²) in [6, 6.07) is 15.3. The molecule has 0 bridgehead atoms. The monoisotopic (exact) mass is 294 g/mol. The van der Waals surface area contributed by atoms with Crippen LogP contribution < -0.4 is 0 Å². The zero-order valence-corrected chi connectivity index (χ0v) is 11.6. The smallest absolute Gasteiger partial charge is 0.336 e. The van der Waals surface area contributed by atoms with E-state index in [0.29, 0.717) is 5.56 Å². The molecule has 4 heteroatoms. The van der Waals surface area contributed by atoms with Crippen molar-refractivity contribution in [1.29, 1.82) is 0 Å². The Balaban J connectivity index is 2.32. The van der Waals surface area contributed by atoms with Gasteiger partial charge < -0.3 is 10.2 Å². The normalized spacial score (nSPS) is 11.5. The van der Waals surface area contributed by atoms with Gasteiger partial charge in [0.2, 0.25) is 0 Å². The number of aliphatic carboxylic acids is 1. The first kappa shape index (κ1) is 15.3. The number of carboxylic acid groups (broad SMARTS) is 2. The Morgan fingerprint density at radius 1 is 0.864 bits per heavy atom. The summed E-state index contributed by atoms with van der Waals surface area (Å²) >= 11 is 0. The minimum absolute atomic E-state index is 0.0373. The fraction of sp³-hybridized carbons (Fsp3) is 0. The average molecular weight is 294 g/mol. The predicted octanol–water partition coefficient (Wildman–Crippen LogP) is 3.57. The van der Waals surface area contributed by atoms with Crippen LogP contribution in [0.4, 0.5) is 0 Å². The molecule has 110 valence electrons. The highest BCUT2D eigenvalue weighted by molar-refractivity contribution is 6.16. The molecule has 0 aliphatic heterocycles. The Morgan fingerprint density at radius 2 is 1.55 bits per heavy atom. The van der Waals surface area contributed by atoms with Crippen LogP contribution in [-0.2, 0) is 4.79 Å². The minimum atomic E-state index is -1.11. The zero-order chi connectivity index (χ0) is 15.9. The maximum atomic E-state index is 11.4. The predicted molar refractivity (Wildman–Crippen MR) is 84.5 cm³/mol. The number of carbonyl (C=O) groups is 2. The highest BCUT2D eigenvalue weighted by Gasteiger charge is 2.11. The van der Waals surface area contributed by atoms with Crippen molar-refractivity contribution in [2.75, 3.05) is 0 Å². The van der Waals surface area contributed by atoms with E-state index in [9.17, 15) is 14.7 Å². The molecule has 0 radical (unpaired) electrons. The summed E-state index contributed by atoms with van der Waals surface area (Å²) in [5, 5.41) is 18.3. The number of benzene rings is 2. The molecule has 2 rings (SSSR count). The molecule has 0 aromatic heterocycles. The van der Waals surface area contributed by atoms with E-state index in [0.717, 1.165) is 5.56 Å². The van der Waals surface area contributed by atoms with Gasteiger partial charge >= 0.3 is 11.9 Å². The Kier molecular flexibility index (Phi) is 4.88. The number of aromatic carboxylic acids is 1. The minimum Gasteiger partial charge on any atom is -0.478 e. The molecule has 2 aromatic carbocycles. The van der Waals surface area contributed by atoms with E-state index in [2.05, 4.69) is 0 Å². The van der Waals surface area contributed by atoms with E-state index in [1.807, 2.05) is 30.3 Å². The van der Waals surface area contributed by atoms with Gasteiger partial charge in [-0.3, -0.25) is 0 Å². The molecule has 0 heterocycles. The van der Waals surface area contributed by atoms with Crippen LogP contribution in [0.15, 0.2) is 66.7 Å². The second kappa shape index (κ2) is 7.04. The molecule has 22 heavy (non-hydrogen) atoms. The summed E-state index contributed by atoms with van der Waals surface area (Å²) in [4.78, 5) is 22.3. The van der Waals surface area contributed by atoms with Gasteiger partial charge in [0.1, 0.15) is 0 Å². The summed E-state index contributed by atoms with van der Waals surface area (Å²) in [5.41, 5.74) is 1.39. The molecule has 0 saturated heterocycles. The number of carboxylic acids is 2. The second-order valence-electron chi connectivity index (χ2n) is 4.54. The van der Waals surface area contributed by atoms with E-state index in [1.54, 1.807) is 18.2 Å². The highest BCUT2D eigenvalue weighted by Crippen LogP contribution is 2.17. The molecule has 0 unspecified atom stereocenters. The van der Waals surface area contributed by atoms with Gasteiger partial charge in [0.15, 0.2) is 0 Å². The van der Waals surface area contributed by atoms with Crippen LogP contribution in [0.25, 0.3) is 11.6 Å². The molecule has 2 aromatic rings. The lowest BCUT2D eigenvalue weighted by molar-refractivity contribution is -0.130. The third kappa shape index (κ3) is 3.93. The quantitative estimate of drug-likeness (QED) is 0.653. The van der Waals surface area contributed by atoms with E-state index in [-0.39, 0.29) is 11.1 Å². The maximum Gasteiger partial charge on any atom is 0.336 e. The van der Waals surface area contributed by atoms with E-state index in [4.69, 9.17) is 5.11 Å². The van der Waals surface area contributed by atoms with Crippen molar-refractivity contribution in [3.05, 3.63) is 83.4 Å². The molecule has 0 spiro atoms. The summed E-state index contributed by atoms with van der Waals surface area (Å²) in [6.45, 7) is 0. The zero-order valence-electron chi connectivity index (χ0n) is 11.6. The Morgan fingerprint density at radius 3 is 2.18 bits per heavy atom. The van der Waals surface area contributed by atoms with Gasteiger partial charge in [-0.2, -0.15) is 0 Å². The first-order valence-electron chi connectivity index (χ1n) is 6.58. The van der Waals surface area contributed by atoms with Crippen LogP contribution in [0.1, 0.15) is 21.5 Å². The topological polar surface area (TPSA) is 74.6 Å². The average Bonchev–Trinajstić information content (AvgIpc) is 2.52. The molecular formula is C18H14O4. The van der Waals surface area contributed by atoms with Crippen molar-refractivity contribution < 1.29 is 19.8 Å². The summed E-state index contributed by atoms with van der Waals surface area (Å²) in [6.07, 6.45) is 4.87. The van der Waals surface area contributed by atoms with Gasteiger partial charge in [-0.05, 0) is 29.3 Å². The fourth-order valence-electron chi connectivity index (χ4n) is 1.93. The highest BCUT2D eigenvalue weighted by atomic mass is 16.4. The molecule has 0 fully saturated rings. The van der Waals surface area contributed by atoms with Crippen LogP contribution in [0.3, 0.4) is 0 Å². The van der Waals surface area contributed by atoms with Gasteiger partial charge in [-0.1, -0.05) is 54.6 Å². The van der Waals surface area contributed by atoms with Crippen LogP contribution in [0, 0.1) is 0 Å². The third-order valence-corrected chi connectivity index (χ3v) is 3.00. The molecule has 4 nitrogen and oxygen atoms in total. The summed E-state index contributed by atoms with van der Waals surface area (Å²) < 4.78 is 0. The lowest BCUT2D eigenvalue weighted by atomic mass is 10.0. The van der Waals surface area contributed by atoms with Gasteiger partial charge in [-0.15, -0.1) is 0 Å². The van der Waals surface area contributed by atoms with Crippen molar-refractivity contribution in [1.82, 2.24) is 0 Å². The SMILES string of the molecule is O=C(O)/C(=C/C=C\c1ccccc1)c1cccc(C(=O)O)c1. The number of hydrogen-bond donors (Lipinski definition) is 2. The van der Waals surface area contributed by atoms with E-state index < -0.39 is 11.9 Å². The number of hydrogen-bond acceptors (Lipinski definition) is 2. The lowest BCUT2D eigenvalue weighted by Gasteiger charge is -2.03. The molecule has 0 atom stereocenters. The van der Waals surface area contributed by atoms with Crippen LogP contribution in [0.2, 0.25) is 0 Å². The largest absolute Gasteiger partial charge is 0.478 e. The standard InChI is InChI=1S/C18H14O4/c19-17(20)15-10-5-9-14(12-15)16(18(21)22)11-4-8-13-6-2-1-3-7-13/h1-12H,(H,19,20)(H,21,22)/b8-4-,16-11+. The summed E-state index contributed by atoms with van der Waals surface area (Å²) in [5.74, 6) is -2.20. The Bertz CT molecular complexity index is 743. The van der Waals surface area contributed by atoms with Gasteiger partial charge in [0, 0.05) is 0 Å². The lowest BCUT2D eigenvalue weighted by Crippen LogP contribution is -2.02. The molecule has 0 amide bonds. The number of allylic oxidation sites excluding steroid dienone is 2. The number of rotatable bonds is 5. The van der Waals surface area contributed by atoms with Crippen LogP contribution >= 0.6 is 0 Å². The van der Waals surface area contributed by atoms with Crippen molar-refractivity contribution in [3.63, 3.8) is 0 Å². The van der Waals surface area contributed by atoms with E-state index >= 15 is 0 Å². The van der Waals surface area contributed by atoms with Crippen molar-refractivity contribution in [3.8, 4) is 0 Å². The Hall–Kier alpha value is -3.14. The first-order valence-corrected chi connectivity index (χ1v) is 6.58. The molecule has 0 aliphatic rings. The molecule has 0 aliphatic carbocycles. The first-order chi connectivity index (χ1) is 10.6. The van der Waals surface area contributed by atoms with Gasteiger partial charge in [0.05, 0.1) is 11.1 Å². The van der Waals surface area contributed by atoms with Crippen molar-refractivity contribution >= 4 is 23.6 Å². The molecule has 2 N–H and O–H groups in total. The maximum absolute atomic E-state index is 11.4. The third-order valence-electron chi connectivity index (χ3n) is 3.00. The van der Waals surface area contributed by atoms with Gasteiger partial charge in [-0.25, -0.2) is 9.59 Å². The molecule has 0 saturated carbocycles. The van der Waals surface area contributed by atoms with Crippen molar-refractivity contribution in [2.45, 2.75) is 0 Å². The van der Waals surface area contributed by atoms with Gasteiger partial charge in [0.25, 0.3) is 0 Å². The van der Waals surface area contributed by atoms with E-state index in [1.165, 1.54) is 24.3 Å². The second-order valence-corrected chi connectivity index (χ2v) is 4.54. The molecular weight excluding hydrogens is 280 g/mol.